The number of hydrogen-bond acceptors (Lipinski definition) is 13. The van der Waals surface area contributed by atoms with E-state index >= 15 is 0 Å². The van der Waals surface area contributed by atoms with E-state index < -0.39 is 0 Å². The van der Waals surface area contributed by atoms with Gasteiger partial charge in [-0.25, -0.2) is 4.99 Å². The van der Waals surface area contributed by atoms with Crippen molar-refractivity contribution in [1.82, 2.24) is 63.5 Å². The molecular weight excluding hydrogens is 965 g/mol. The van der Waals surface area contributed by atoms with Crippen LogP contribution in [0.1, 0.15) is 166 Å². The first kappa shape index (κ1) is 93.7. The molecule has 10 heterocycles. The molecule has 9 aliphatic heterocycles. The second-order valence-electron chi connectivity index (χ2n) is 11.5. The Hall–Kier alpha value is -6.80. The molecule has 9 aliphatic rings. The molecule has 0 spiro atoms. The SMILES string of the molecule is C1=CC=CNC=C1.C1=CCCNC=C1.C1=CCNC=C1.C1=CNC=CN1.C1=CNCC1.C1=CNCCC1.C1=CNCN1.C1=CNCNC1.C1=NC=NC1.CC.CC.CC.CC.CC.CC.CC.CC.CC.CC.[HH].c1cc[nH]c1. The summed E-state index contributed by atoms with van der Waals surface area (Å²) in [6.45, 7) is 47.9. The number of aromatic nitrogens is 1. The highest BCUT2D eigenvalue weighted by atomic mass is 15.1. The zero-order chi connectivity index (χ0) is 61.0. The Morgan fingerprint density at radius 2 is 0.769 bits per heavy atom. The molecule has 456 valence electrons. The average molecular weight is 1100 g/mol. The first-order valence-electron chi connectivity index (χ1n) is 29.7. The summed E-state index contributed by atoms with van der Waals surface area (Å²) in [7, 11) is 0. The molecule has 0 saturated carbocycles. The van der Waals surface area contributed by atoms with Gasteiger partial charge in [0.2, 0.25) is 0 Å². The largest absolute Gasteiger partial charge is 0.391 e. The average Bonchev–Trinajstić information content (AvgIpc) is 4.48. The third-order valence-corrected chi connectivity index (χ3v) is 6.69. The molecule has 0 bridgehead atoms. The maximum atomic E-state index is 3.74. The van der Waals surface area contributed by atoms with E-state index in [-0.39, 0.29) is 1.43 Å². The van der Waals surface area contributed by atoms with Crippen LogP contribution in [-0.2, 0) is 0 Å². The van der Waals surface area contributed by atoms with Crippen LogP contribution in [0.5, 0.6) is 0 Å². The number of rotatable bonds is 0. The van der Waals surface area contributed by atoms with Gasteiger partial charge in [-0.2, -0.15) is 0 Å². The first-order valence-corrected chi connectivity index (χ1v) is 29.7. The summed E-state index contributed by atoms with van der Waals surface area (Å²) in [6.07, 6.45) is 63.0. The zero-order valence-electron chi connectivity index (χ0n) is 53.9. The van der Waals surface area contributed by atoms with Gasteiger partial charge in [0.05, 0.1) is 19.9 Å². The van der Waals surface area contributed by atoms with Gasteiger partial charge in [-0.3, -0.25) is 10.3 Å². The Labute approximate surface area is 486 Å². The molecule has 0 atom stereocenters. The molecule has 0 amide bonds. The second-order valence-corrected chi connectivity index (χ2v) is 11.5. The van der Waals surface area contributed by atoms with Crippen molar-refractivity contribution in [2.45, 2.75) is 164 Å². The van der Waals surface area contributed by atoms with Gasteiger partial charge in [0.25, 0.3) is 0 Å². The van der Waals surface area contributed by atoms with Crippen LogP contribution in [0.4, 0.5) is 0 Å². The Balaban J connectivity index is -0.0000000698. The Morgan fingerprint density at radius 1 is 0.333 bits per heavy atom. The summed E-state index contributed by atoms with van der Waals surface area (Å²) in [5.41, 5.74) is 0. The van der Waals surface area contributed by atoms with Gasteiger partial charge in [-0.1, -0.05) is 193 Å². The Bertz CT molecular complexity index is 1340. The van der Waals surface area contributed by atoms with E-state index in [2.05, 4.69) is 104 Å². The fourth-order valence-electron chi connectivity index (χ4n) is 3.89. The number of H-pyrrole nitrogens is 1. The lowest BCUT2D eigenvalue weighted by Crippen LogP contribution is -2.29. The van der Waals surface area contributed by atoms with Gasteiger partial charge in [0.1, 0.15) is 6.34 Å². The zero-order valence-corrected chi connectivity index (χ0v) is 53.9. The normalized spacial score (nSPS) is 13.5. The summed E-state index contributed by atoms with van der Waals surface area (Å²) in [5.74, 6) is 0. The fourth-order valence-corrected chi connectivity index (χ4v) is 3.89. The highest BCUT2D eigenvalue weighted by molar-refractivity contribution is 5.79. The van der Waals surface area contributed by atoms with Crippen LogP contribution in [-0.4, -0.2) is 70.1 Å². The van der Waals surface area contributed by atoms with Crippen molar-refractivity contribution in [3.63, 3.8) is 0 Å². The molecule has 12 N–H and O–H groups in total. The van der Waals surface area contributed by atoms with E-state index in [0.29, 0.717) is 0 Å². The van der Waals surface area contributed by atoms with Gasteiger partial charge in [0, 0.05) is 102 Å². The van der Waals surface area contributed by atoms with E-state index in [1.807, 2.05) is 292 Å². The highest BCUT2D eigenvalue weighted by Gasteiger charge is 1.85. The Morgan fingerprint density at radius 3 is 1.01 bits per heavy atom. The minimum Gasteiger partial charge on any atom is -0.391 e. The third-order valence-electron chi connectivity index (χ3n) is 6.69. The van der Waals surface area contributed by atoms with Crippen molar-refractivity contribution >= 4 is 12.6 Å². The number of aliphatic imine (C=N–C) groups is 2. The van der Waals surface area contributed by atoms with E-state index in [1.165, 1.54) is 19.3 Å². The lowest BCUT2D eigenvalue weighted by Gasteiger charge is -2.05. The van der Waals surface area contributed by atoms with Crippen LogP contribution in [0.3, 0.4) is 0 Å². The number of aromatic amines is 1. The summed E-state index contributed by atoms with van der Waals surface area (Å²) in [5, 5.41) is 32.9. The maximum absolute atomic E-state index is 3.74. The molecule has 0 aromatic carbocycles. The number of hydrogen-bond donors (Lipinski definition) is 12. The van der Waals surface area contributed by atoms with Crippen molar-refractivity contribution in [2.24, 2.45) is 9.98 Å². The molecule has 14 nitrogen and oxygen atoms in total. The summed E-state index contributed by atoms with van der Waals surface area (Å²) >= 11 is 0. The molecule has 1 aromatic rings. The lowest BCUT2D eigenvalue weighted by atomic mass is 10.2. The molecule has 1 aromatic heterocycles. The third kappa shape index (κ3) is 123. The topological polar surface area (TPSA) is 173 Å². The van der Waals surface area contributed by atoms with E-state index in [0.717, 1.165) is 59.0 Å². The van der Waals surface area contributed by atoms with Gasteiger partial charge < -0.3 is 58.2 Å². The highest BCUT2D eigenvalue weighted by Crippen LogP contribution is 1.92. The lowest BCUT2D eigenvalue weighted by molar-refractivity contribution is 0.669. The number of nitrogens with zero attached hydrogens (tertiary/aromatic N) is 2. The summed E-state index contributed by atoms with van der Waals surface area (Å²) in [4.78, 5) is 10.3. The van der Waals surface area contributed by atoms with Gasteiger partial charge in [-0.05, 0) is 93.1 Å². The van der Waals surface area contributed by atoms with E-state index in [9.17, 15) is 0 Å². The standard InChI is InChI=1S/C6H9N.C6H7N.C5H9N.C5H7N.C4H6N2.C4H8N2.C4H7N.C4H5N.C3H6N2.C3H4N2.10C2H6.H2/c2*1-2-4-6-7-5-3-1;2*1-2-4-6-5-3-1;1-2-6-4-3-5-1;1-2-5-4-6-3-1;2*1-2-4-5-3-1;2*1-2-5-3-4-1;10*1-2;/h1-3,5,7H,4,6H2;1-7H;2,4,6H,1,3,5H2;1-4,6H,5H2;1-6H;1-2,5-6H,3-4H2;1,3,5H,2,4H2;1-5H;1-2,4-5H,3H2;1,3H,2H2;10*1-2H3;1H. The molecular formula is C64H130N14. The first-order chi connectivity index (χ1) is 39.0. The fraction of sp³-hybridized carbons (Fsp3) is 0.500. The van der Waals surface area contributed by atoms with Crippen LogP contribution in [0.25, 0.3) is 0 Å². The monoisotopic (exact) mass is 1100 g/mol. The van der Waals surface area contributed by atoms with Gasteiger partial charge >= 0.3 is 0 Å². The summed E-state index contributed by atoms with van der Waals surface area (Å²) < 4.78 is 0. The maximum Gasteiger partial charge on any atom is 0.109 e. The van der Waals surface area contributed by atoms with Gasteiger partial charge in [0.15, 0.2) is 0 Å². The molecule has 78 heavy (non-hydrogen) atoms. The number of dihydropyridines is 1. The predicted molar refractivity (Wildman–Crippen MR) is 364 cm³/mol. The minimum atomic E-state index is 0. The molecule has 0 fully saturated rings. The van der Waals surface area contributed by atoms with Crippen LogP contribution in [0.2, 0.25) is 0 Å². The smallest absolute Gasteiger partial charge is 0.109 e. The second kappa shape index (κ2) is 128. The molecule has 10 rings (SSSR count). The van der Waals surface area contributed by atoms with E-state index in [1.54, 1.807) is 12.6 Å². The van der Waals surface area contributed by atoms with Crippen molar-refractivity contribution in [3.8, 4) is 0 Å². The Kier molecular flexibility index (Phi) is 154. The van der Waals surface area contributed by atoms with Crippen molar-refractivity contribution in [1.29, 1.82) is 0 Å². The molecule has 0 unspecified atom stereocenters. The minimum absolute atomic E-state index is 0. The van der Waals surface area contributed by atoms with E-state index in [4.69, 9.17) is 0 Å². The van der Waals surface area contributed by atoms with Crippen LogP contribution >= 0.6 is 0 Å². The van der Waals surface area contributed by atoms with Crippen LogP contribution < -0.4 is 58.5 Å². The molecule has 14 heteroatoms. The number of nitrogens with one attached hydrogen (secondary N) is 12. The van der Waals surface area contributed by atoms with Crippen LogP contribution in [0, 0.1) is 0 Å². The molecule has 0 saturated heterocycles. The van der Waals surface area contributed by atoms with Crippen molar-refractivity contribution < 1.29 is 1.43 Å². The summed E-state index contributed by atoms with van der Waals surface area (Å²) in [6, 6.07) is 3.89. The van der Waals surface area contributed by atoms with Crippen molar-refractivity contribution in [2.75, 3.05) is 52.6 Å². The number of allylic oxidation sites excluding steroid dienone is 9. The predicted octanol–water partition coefficient (Wildman–Crippen LogP) is 15.3. The van der Waals surface area contributed by atoms with Crippen molar-refractivity contribution in [3.05, 3.63) is 184 Å². The molecule has 0 radical (unpaired) electrons. The molecule has 0 aliphatic carbocycles. The van der Waals surface area contributed by atoms with Crippen LogP contribution in [0.15, 0.2) is 194 Å². The van der Waals surface area contributed by atoms with Gasteiger partial charge in [-0.15, -0.1) is 0 Å². The quantitative estimate of drug-likeness (QED) is 0.119.